The quantitative estimate of drug-likeness (QED) is 0.488. The average molecular weight is 154 g/mol. The first-order valence-electron chi connectivity index (χ1n) is 3.87. The van der Waals surface area contributed by atoms with Gasteiger partial charge in [0.1, 0.15) is 0 Å². The Morgan fingerprint density at radius 2 is 1.17 bits per heavy atom. The highest BCUT2D eigenvalue weighted by atomic mass is 15.1. The molecule has 0 aliphatic heterocycles. The van der Waals surface area contributed by atoms with Crippen LogP contribution in [0.25, 0.3) is 0 Å². The van der Waals surface area contributed by atoms with E-state index in [0.717, 1.165) is 0 Å². The predicted octanol–water partition coefficient (Wildman–Crippen LogP) is 1.36. The van der Waals surface area contributed by atoms with Crippen molar-refractivity contribution in [3.05, 3.63) is 57.5 Å². The zero-order valence-electron chi connectivity index (χ0n) is 6.36. The van der Waals surface area contributed by atoms with E-state index >= 15 is 0 Å². The lowest BCUT2D eigenvalue weighted by Crippen LogP contribution is -1.93. The highest BCUT2D eigenvalue weighted by Crippen LogP contribution is 2.09. The molecule has 0 bridgehead atoms. The highest BCUT2D eigenvalue weighted by molar-refractivity contribution is 5.25. The van der Waals surface area contributed by atoms with Crippen LogP contribution in [0.1, 0.15) is 0 Å². The van der Waals surface area contributed by atoms with Crippen molar-refractivity contribution < 1.29 is 0 Å². The van der Waals surface area contributed by atoms with Gasteiger partial charge >= 0.3 is 0 Å². The number of benzene rings is 1. The number of hydrogen-bond donors (Lipinski definition) is 0. The van der Waals surface area contributed by atoms with Gasteiger partial charge in [-0.3, -0.25) is 0 Å². The van der Waals surface area contributed by atoms with E-state index in [1.807, 2.05) is 24.5 Å². The Labute approximate surface area is 68.5 Å². The van der Waals surface area contributed by atoms with Crippen molar-refractivity contribution in [3.8, 4) is 0 Å². The average Bonchev–Trinajstić information content (AvgIpc) is 2.14. The van der Waals surface area contributed by atoms with Crippen LogP contribution in [0.15, 0.2) is 36.7 Å². The van der Waals surface area contributed by atoms with Gasteiger partial charge in [-0.1, -0.05) is 24.3 Å². The fourth-order valence-electron chi connectivity index (χ4n) is 1.64. The SMILES string of the molecule is c1ccc2c(c1)=c1cnncc1=2. The van der Waals surface area contributed by atoms with Crippen LogP contribution in [0.4, 0.5) is 0 Å². The van der Waals surface area contributed by atoms with Gasteiger partial charge in [-0.05, 0) is 10.4 Å². The van der Waals surface area contributed by atoms with Crippen molar-refractivity contribution in [2.24, 2.45) is 0 Å². The fraction of sp³-hybridized carbons (Fsp3) is 0. The van der Waals surface area contributed by atoms with E-state index in [9.17, 15) is 0 Å². The molecular weight excluding hydrogens is 148 g/mol. The summed E-state index contributed by atoms with van der Waals surface area (Å²) in [5, 5.41) is 12.7. The van der Waals surface area contributed by atoms with Gasteiger partial charge in [0.25, 0.3) is 0 Å². The first-order valence-corrected chi connectivity index (χ1v) is 3.87. The summed E-state index contributed by atoms with van der Waals surface area (Å²) in [7, 11) is 0. The molecule has 0 radical (unpaired) electrons. The molecule has 0 saturated heterocycles. The number of nitrogens with zero attached hydrogens (tertiary/aromatic N) is 2. The summed E-state index contributed by atoms with van der Waals surface area (Å²) in [5.41, 5.74) is 0. The van der Waals surface area contributed by atoms with Crippen molar-refractivity contribution in [2.75, 3.05) is 0 Å². The van der Waals surface area contributed by atoms with Crippen LogP contribution in [-0.4, -0.2) is 10.2 Å². The van der Waals surface area contributed by atoms with Gasteiger partial charge in [0.15, 0.2) is 0 Å². The lowest BCUT2D eigenvalue weighted by Gasteiger charge is -2.00. The Balaban J connectivity index is 2.74. The maximum absolute atomic E-state index is 3.85. The molecule has 1 aliphatic carbocycles. The topological polar surface area (TPSA) is 25.8 Å². The highest BCUT2D eigenvalue weighted by Gasteiger charge is 1.99. The van der Waals surface area contributed by atoms with Gasteiger partial charge in [-0.25, -0.2) is 0 Å². The first kappa shape index (κ1) is 5.89. The number of fused-ring (bicyclic) bond motifs is 2. The molecule has 2 nitrogen and oxygen atoms in total. The molecule has 0 N–H and O–H groups in total. The van der Waals surface area contributed by atoms with Gasteiger partial charge in [0.2, 0.25) is 0 Å². The zero-order valence-corrected chi connectivity index (χ0v) is 6.36. The molecule has 3 rings (SSSR count). The van der Waals surface area contributed by atoms with Crippen molar-refractivity contribution in [2.45, 2.75) is 0 Å². The summed E-state index contributed by atoms with van der Waals surface area (Å²) in [4.78, 5) is 0. The molecule has 0 spiro atoms. The minimum absolute atomic E-state index is 1.22. The van der Waals surface area contributed by atoms with Crippen LogP contribution >= 0.6 is 0 Å². The first-order chi connectivity index (χ1) is 5.97. The lowest BCUT2D eigenvalue weighted by atomic mass is 10.1. The van der Waals surface area contributed by atoms with Crippen LogP contribution in [0.3, 0.4) is 0 Å². The van der Waals surface area contributed by atoms with E-state index < -0.39 is 0 Å². The smallest absolute Gasteiger partial charge is 0.0581 e. The van der Waals surface area contributed by atoms with Crippen molar-refractivity contribution >= 4 is 0 Å². The molecule has 1 heterocycles. The van der Waals surface area contributed by atoms with Crippen molar-refractivity contribution in [1.82, 2.24) is 10.2 Å². The summed E-state index contributed by atoms with van der Waals surface area (Å²) >= 11 is 0. The van der Waals surface area contributed by atoms with Crippen LogP contribution < -0.4 is 0 Å². The molecular formula is C10H6N2. The molecule has 1 aromatic heterocycles. The lowest BCUT2D eigenvalue weighted by molar-refractivity contribution is 0.990. The third kappa shape index (κ3) is 0.552. The molecule has 2 aromatic rings. The zero-order chi connectivity index (χ0) is 7.97. The number of rotatable bonds is 0. The second-order valence-corrected chi connectivity index (χ2v) is 2.86. The second-order valence-electron chi connectivity index (χ2n) is 2.86. The maximum atomic E-state index is 3.85. The van der Waals surface area contributed by atoms with E-state index in [-0.39, 0.29) is 0 Å². The van der Waals surface area contributed by atoms with E-state index in [4.69, 9.17) is 0 Å². The van der Waals surface area contributed by atoms with Gasteiger partial charge < -0.3 is 0 Å². The van der Waals surface area contributed by atoms with Gasteiger partial charge in [-0.15, -0.1) is 0 Å². The van der Waals surface area contributed by atoms with Gasteiger partial charge in [0.05, 0.1) is 12.4 Å². The molecule has 1 aromatic carbocycles. The Bertz CT molecular complexity index is 482. The van der Waals surface area contributed by atoms with Crippen LogP contribution in [0.5, 0.6) is 0 Å². The maximum Gasteiger partial charge on any atom is 0.0581 e. The van der Waals surface area contributed by atoms with Crippen LogP contribution in [0, 0.1) is 20.9 Å². The largest absolute Gasteiger partial charge is 0.158 e. The second kappa shape index (κ2) is 1.91. The molecule has 0 amide bonds. The van der Waals surface area contributed by atoms with E-state index in [1.54, 1.807) is 0 Å². The standard InChI is InChI=1S/C10H6N2/c1-2-4-8-7(3-1)9-5-11-12-6-10(8)9/h1-6H. The summed E-state index contributed by atoms with van der Waals surface area (Å²) in [6, 6.07) is 8.31. The molecule has 1 aliphatic rings. The molecule has 56 valence electrons. The molecule has 12 heavy (non-hydrogen) atoms. The van der Waals surface area contributed by atoms with Gasteiger partial charge in [-0.2, -0.15) is 10.2 Å². The normalized spacial score (nSPS) is 11.3. The summed E-state index contributed by atoms with van der Waals surface area (Å²) in [6.45, 7) is 0. The molecule has 2 heteroatoms. The minimum Gasteiger partial charge on any atom is -0.158 e. The fourth-order valence-corrected chi connectivity index (χ4v) is 1.64. The van der Waals surface area contributed by atoms with Crippen molar-refractivity contribution in [3.63, 3.8) is 0 Å². The minimum atomic E-state index is 1.22. The third-order valence-electron chi connectivity index (χ3n) is 2.24. The Kier molecular flexibility index (Phi) is 0.939. The van der Waals surface area contributed by atoms with E-state index in [1.165, 1.54) is 20.9 Å². The predicted molar refractivity (Wildman–Crippen MR) is 43.8 cm³/mol. The molecule has 0 atom stereocenters. The van der Waals surface area contributed by atoms with Gasteiger partial charge in [0, 0.05) is 10.4 Å². The molecule has 0 saturated carbocycles. The monoisotopic (exact) mass is 154 g/mol. The van der Waals surface area contributed by atoms with Crippen LogP contribution in [0.2, 0.25) is 0 Å². The van der Waals surface area contributed by atoms with E-state index in [2.05, 4.69) is 22.3 Å². The summed E-state index contributed by atoms with van der Waals surface area (Å²) in [6.07, 6.45) is 3.63. The number of hydrogen-bond acceptors (Lipinski definition) is 2. The van der Waals surface area contributed by atoms with Crippen molar-refractivity contribution in [1.29, 1.82) is 0 Å². The summed E-state index contributed by atoms with van der Waals surface area (Å²) in [5.74, 6) is 0. The Hall–Kier alpha value is -1.70. The van der Waals surface area contributed by atoms with Crippen LogP contribution in [-0.2, 0) is 0 Å². The third-order valence-corrected chi connectivity index (χ3v) is 2.24. The van der Waals surface area contributed by atoms with E-state index in [0.29, 0.717) is 0 Å². The molecule has 0 unspecified atom stereocenters. The summed E-state index contributed by atoms with van der Waals surface area (Å²) < 4.78 is 0. The Morgan fingerprint density at radius 3 is 1.67 bits per heavy atom. The molecule has 0 fully saturated rings. The Morgan fingerprint density at radius 1 is 0.667 bits per heavy atom. The number of aromatic nitrogens is 2.